The first kappa shape index (κ1) is 18.0. The van der Waals surface area contributed by atoms with Gasteiger partial charge in [0.1, 0.15) is 0 Å². The van der Waals surface area contributed by atoms with E-state index in [0.717, 1.165) is 32.1 Å². The fourth-order valence-corrected chi connectivity index (χ4v) is 3.15. The Balaban J connectivity index is 2.30. The van der Waals surface area contributed by atoms with Crippen molar-refractivity contribution < 1.29 is 14.7 Å². The third-order valence-electron chi connectivity index (χ3n) is 4.79. The molecule has 1 aliphatic carbocycles. The van der Waals surface area contributed by atoms with Crippen molar-refractivity contribution in [3.05, 3.63) is 0 Å². The quantitative estimate of drug-likeness (QED) is 0.635. The van der Waals surface area contributed by atoms with Crippen molar-refractivity contribution >= 4 is 11.9 Å². The standard InChI is InChI=1S/C17H31NO3/c1-3-4-5-6-7-8-12-15(19)18-14-11-9-10-13-17(14,2)16(20)21/h14H,3-13H2,1-2H3,(H,18,19)(H,20,21). The molecule has 1 amide bonds. The molecular formula is C17H31NO3. The van der Waals surface area contributed by atoms with E-state index in [9.17, 15) is 14.7 Å². The zero-order valence-corrected chi connectivity index (χ0v) is 13.6. The van der Waals surface area contributed by atoms with Gasteiger partial charge in [-0.25, -0.2) is 0 Å². The normalized spacial score (nSPS) is 25.5. The molecule has 21 heavy (non-hydrogen) atoms. The molecule has 2 unspecified atom stereocenters. The van der Waals surface area contributed by atoms with Gasteiger partial charge in [-0.1, -0.05) is 51.9 Å². The maximum absolute atomic E-state index is 12.0. The van der Waals surface area contributed by atoms with E-state index in [-0.39, 0.29) is 11.9 Å². The summed E-state index contributed by atoms with van der Waals surface area (Å²) in [6.07, 6.45) is 10.8. The highest BCUT2D eigenvalue weighted by atomic mass is 16.4. The van der Waals surface area contributed by atoms with Gasteiger partial charge in [0.25, 0.3) is 0 Å². The predicted molar refractivity (Wildman–Crippen MR) is 84.1 cm³/mol. The summed E-state index contributed by atoms with van der Waals surface area (Å²) in [5.41, 5.74) is -0.797. The van der Waals surface area contributed by atoms with Gasteiger partial charge in [-0.05, 0) is 26.2 Å². The lowest BCUT2D eigenvalue weighted by molar-refractivity contribution is -0.152. The van der Waals surface area contributed by atoms with Crippen LogP contribution in [-0.4, -0.2) is 23.0 Å². The maximum atomic E-state index is 12.0. The Morgan fingerprint density at radius 3 is 2.48 bits per heavy atom. The molecule has 122 valence electrons. The van der Waals surface area contributed by atoms with Crippen molar-refractivity contribution in [1.82, 2.24) is 5.32 Å². The highest BCUT2D eigenvalue weighted by Gasteiger charge is 2.43. The molecule has 1 saturated carbocycles. The minimum absolute atomic E-state index is 0.0184. The van der Waals surface area contributed by atoms with E-state index in [1.165, 1.54) is 25.7 Å². The number of carboxylic acid groups (broad SMARTS) is 1. The van der Waals surface area contributed by atoms with Gasteiger partial charge in [-0.3, -0.25) is 9.59 Å². The summed E-state index contributed by atoms with van der Waals surface area (Å²) >= 11 is 0. The van der Waals surface area contributed by atoms with Gasteiger partial charge in [-0.2, -0.15) is 0 Å². The third kappa shape index (κ3) is 5.68. The average Bonchev–Trinajstić information content (AvgIpc) is 2.45. The summed E-state index contributed by atoms with van der Waals surface area (Å²) in [5.74, 6) is -0.767. The van der Waals surface area contributed by atoms with E-state index in [2.05, 4.69) is 12.2 Å². The predicted octanol–water partition coefficient (Wildman–Crippen LogP) is 3.89. The van der Waals surface area contributed by atoms with Crippen molar-refractivity contribution in [2.24, 2.45) is 5.41 Å². The summed E-state index contributed by atoms with van der Waals surface area (Å²) in [6.45, 7) is 3.96. The molecule has 0 aromatic heterocycles. The lowest BCUT2D eigenvalue weighted by Crippen LogP contribution is -2.52. The molecule has 1 aliphatic rings. The number of nitrogens with one attached hydrogen (secondary N) is 1. The molecule has 2 atom stereocenters. The van der Waals surface area contributed by atoms with Crippen LogP contribution in [0, 0.1) is 5.41 Å². The second-order valence-corrected chi connectivity index (χ2v) is 6.61. The maximum Gasteiger partial charge on any atom is 0.311 e. The SMILES string of the molecule is CCCCCCCCC(=O)NC1CCCCC1(C)C(=O)O. The first-order valence-corrected chi connectivity index (χ1v) is 8.53. The average molecular weight is 297 g/mol. The number of amides is 1. The summed E-state index contributed by atoms with van der Waals surface area (Å²) in [6, 6.07) is -0.212. The fraction of sp³-hybridized carbons (Fsp3) is 0.882. The van der Waals surface area contributed by atoms with E-state index >= 15 is 0 Å². The number of rotatable bonds is 9. The van der Waals surface area contributed by atoms with Crippen LogP contribution in [0.2, 0.25) is 0 Å². The number of carboxylic acids is 1. The minimum atomic E-state index is -0.797. The van der Waals surface area contributed by atoms with E-state index < -0.39 is 11.4 Å². The Morgan fingerprint density at radius 2 is 1.81 bits per heavy atom. The smallest absolute Gasteiger partial charge is 0.311 e. The Bertz CT molecular complexity index is 343. The molecule has 0 aromatic rings. The van der Waals surface area contributed by atoms with Crippen molar-refractivity contribution in [1.29, 1.82) is 0 Å². The number of hydrogen-bond acceptors (Lipinski definition) is 2. The van der Waals surface area contributed by atoms with Crippen LogP contribution in [0.15, 0.2) is 0 Å². The molecule has 0 aliphatic heterocycles. The van der Waals surface area contributed by atoms with E-state index in [0.29, 0.717) is 12.8 Å². The molecule has 1 fully saturated rings. The van der Waals surface area contributed by atoms with Crippen molar-refractivity contribution in [3.63, 3.8) is 0 Å². The van der Waals surface area contributed by atoms with Crippen LogP contribution >= 0.6 is 0 Å². The zero-order chi connectivity index (χ0) is 15.7. The largest absolute Gasteiger partial charge is 0.481 e. The lowest BCUT2D eigenvalue weighted by atomic mass is 9.71. The highest BCUT2D eigenvalue weighted by Crippen LogP contribution is 2.36. The zero-order valence-electron chi connectivity index (χ0n) is 13.6. The van der Waals surface area contributed by atoms with Crippen LogP contribution in [0.1, 0.15) is 84.5 Å². The first-order chi connectivity index (χ1) is 10.0. The molecule has 0 bridgehead atoms. The number of unbranched alkanes of at least 4 members (excludes halogenated alkanes) is 5. The van der Waals surface area contributed by atoms with Gasteiger partial charge >= 0.3 is 5.97 Å². The van der Waals surface area contributed by atoms with Crippen LogP contribution in [0.25, 0.3) is 0 Å². The van der Waals surface area contributed by atoms with Crippen LogP contribution in [0.4, 0.5) is 0 Å². The number of carbonyl (C=O) groups is 2. The van der Waals surface area contributed by atoms with Crippen molar-refractivity contribution in [3.8, 4) is 0 Å². The molecule has 0 saturated heterocycles. The minimum Gasteiger partial charge on any atom is -0.481 e. The fourth-order valence-electron chi connectivity index (χ4n) is 3.15. The summed E-state index contributed by atoms with van der Waals surface area (Å²) < 4.78 is 0. The Labute approximate surface area is 128 Å². The molecule has 0 radical (unpaired) electrons. The summed E-state index contributed by atoms with van der Waals surface area (Å²) in [7, 11) is 0. The van der Waals surface area contributed by atoms with Gasteiger partial charge in [0.05, 0.1) is 5.41 Å². The van der Waals surface area contributed by atoms with Crippen molar-refractivity contribution in [2.45, 2.75) is 90.5 Å². The number of carbonyl (C=O) groups excluding carboxylic acids is 1. The summed E-state index contributed by atoms with van der Waals surface area (Å²) in [5, 5.41) is 12.4. The second-order valence-electron chi connectivity index (χ2n) is 6.61. The molecule has 1 rings (SSSR count). The number of hydrogen-bond donors (Lipinski definition) is 2. The van der Waals surface area contributed by atoms with Gasteiger partial charge in [-0.15, -0.1) is 0 Å². The highest BCUT2D eigenvalue weighted by molar-refractivity contribution is 5.79. The second kappa shape index (κ2) is 9.06. The van der Waals surface area contributed by atoms with Gasteiger partial charge < -0.3 is 10.4 Å². The van der Waals surface area contributed by atoms with E-state index in [4.69, 9.17) is 0 Å². The van der Waals surface area contributed by atoms with Gasteiger partial charge in [0.15, 0.2) is 0 Å². The topological polar surface area (TPSA) is 66.4 Å². The number of aliphatic carboxylic acids is 1. The Kier molecular flexibility index (Phi) is 7.76. The van der Waals surface area contributed by atoms with Crippen LogP contribution in [0.3, 0.4) is 0 Å². The van der Waals surface area contributed by atoms with Gasteiger partial charge in [0.2, 0.25) is 5.91 Å². The lowest BCUT2D eigenvalue weighted by Gasteiger charge is -2.38. The third-order valence-corrected chi connectivity index (χ3v) is 4.79. The molecule has 0 aromatic carbocycles. The summed E-state index contributed by atoms with van der Waals surface area (Å²) in [4.78, 5) is 23.5. The molecule has 4 heteroatoms. The van der Waals surface area contributed by atoms with Crippen molar-refractivity contribution in [2.75, 3.05) is 0 Å². The Hall–Kier alpha value is -1.06. The van der Waals surface area contributed by atoms with Crippen LogP contribution < -0.4 is 5.32 Å². The monoisotopic (exact) mass is 297 g/mol. The van der Waals surface area contributed by atoms with E-state index in [1.54, 1.807) is 6.92 Å². The molecule has 0 spiro atoms. The van der Waals surface area contributed by atoms with E-state index in [1.807, 2.05) is 0 Å². The molecule has 0 heterocycles. The van der Waals surface area contributed by atoms with Gasteiger partial charge in [0, 0.05) is 12.5 Å². The molecule has 2 N–H and O–H groups in total. The molecule has 4 nitrogen and oxygen atoms in total. The van der Waals surface area contributed by atoms with Crippen LogP contribution in [-0.2, 0) is 9.59 Å². The Morgan fingerprint density at radius 1 is 1.14 bits per heavy atom. The van der Waals surface area contributed by atoms with Crippen LogP contribution in [0.5, 0.6) is 0 Å². The molecular weight excluding hydrogens is 266 g/mol. The first-order valence-electron chi connectivity index (χ1n) is 8.53.